The van der Waals surface area contributed by atoms with Gasteiger partial charge in [-0.25, -0.2) is 4.79 Å². The van der Waals surface area contributed by atoms with Crippen LogP contribution in [0.25, 0.3) is 0 Å². The second-order valence-electron chi connectivity index (χ2n) is 5.76. The summed E-state index contributed by atoms with van der Waals surface area (Å²) in [6.45, 7) is 5.90. The van der Waals surface area contributed by atoms with Crippen molar-refractivity contribution in [3.63, 3.8) is 0 Å². The Hall–Kier alpha value is -1.11. The number of nitrogens with two attached hydrogens (primary N) is 1. The molecule has 4 N–H and O–H groups in total. The number of halogens is 1. The topological polar surface area (TPSA) is 87.5 Å². The Labute approximate surface area is 131 Å². The Morgan fingerprint density at radius 3 is 2.76 bits per heavy atom. The normalized spacial score (nSPS) is 28.1. The molecule has 0 aromatic heterocycles. The first kappa shape index (κ1) is 17.9. The highest BCUT2D eigenvalue weighted by Crippen LogP contribution is 2.35. The summed E-state index contributed by atoms with van der Waals surface area (Å²) in [5.41, 5.74) is 6.15. The zero-order valence-corrected chi connectivity index (χ0v) is 13.0. The Balaban J connectivity index is 0.00000220. The zero-order valence-electron chi connectivity index (χ0n) is 12.2. The van der Waals surface area contributed by atoms with Gasteiger partial charge in [0, 0.05) is 25.7 Å². The van der Waals surface area contributed by atoms with Crippen LogP contribution in [0.2, 0.25) is 0 Å². The van der Waals surface area contributed by atoms with Gasteiger partial charge in [-0.2, -0.15) is 0 Å². The van der Waals surface area contributed by atoms with Crippen LogP contribution in [-0.4, -0.2) is 49.1 Å². The monoisotopic (exact) mass is 316 g/mol. The van der Waals surface area contributed by atoms with Gasteiger partial charge in [0.2, 0.25) is 5.91 Å². The lowest BCUT2D eigenvalue weighted by atomic mass is 9.78. The minimum absolute atomic E-state index is 0. The SMILES string of the molecule is C=CCNC(=O)NC(=O)CN1CC2CCCC(N)C2C1.Cl. The van der Waals surface area contributed by atoms with E-state index in [0.29, 0.717) is 18.4 Å². The van der Waals surface area contributed by atoms with Crippen molar-refractivity contribution >= 4 is 24.3 Å². The summed E-state index contributed by atoms with van der Waals surface area (Å²) in [6.07, 6.45) is 5.05. The second-order valence-corrected chi connectivity index (χ2v) is 5.76. The number of carbonyl (C=O) groups is 2. The van der Waals surface area contributed by atoms with Crippen molar-refractivity contribution in [3.8, 4) is 0 Å². The predicted octanol–water partition coefficient (Wildman–Crippen LogP) is 0.479. The maximum atomic E-state index is 11.8. The Morgan fingerprint density at radius 2 is 2.10 bits per heavy atom. The van der Waals surface area contributed by atoms with Crippen LogP contribution < -0.4 is 16.4 Å². The summed E-state index contributed by atoms with van der Waals surface area (Å²) in [4.78, 5) is 25.3. The highest BCUT2D eigenvalue weighted by atomic mass is 35.5. The fraction of sp³-hybridized carbons (Fsp3) is 0.714. The second kappa shape index (κ2) is 8.36. The Morgan fingerprint density at radius 1 is 1.33 bits per heavy atom. The molecule has 1 saturated heterocycles. The molecule has 1 heterocycles. The van der Waals surface area contributed by atoms with Crippen LogP contribution >= 0.6 is 12.4 Å². The van der Waals surface area contributed by atoms with E-state index >= 15 is 0 Å². The number of nitrogens with zero attached hydrogens (tertiary/aromatic N) is 1. The smallest absolute Gasteiger partial charge is 0.321 e. The van der Waals surface area contributed by atoms with Crippen LogP contribution in [-0.2, 0) is 4.79 Å². The van der Waals surface area contributed by atoms with Crippen LogP contribution in [0, 0.1) is 11.8 Å². The molecule has 6 nitrogen and oxygen atoms in total. The van der Waals surface area contributed by atoms with Gasteiger partial charge in [0.05, 0.1) is 6.54 Å². The summed E-state index contributed by atoms with van der Waals surface area (Å²) in [5, 5.41) is 4.84. The maximum Gasteiger partial charge on any atom is 0.321 e. The van der Waals surface area contributed by atoms with Gasteiger partial charge < -0.3 is 11.1 Å². The van der Waals surface area contributed by atoms with E-state index in [2.05, 4.69) is 22.1 Å². The van der Waals surface area contributed by atoms with Crippen molar-refractivity contribution in [2.24, 2.45) is 17.6 Å². The predicted molar refractivity (Wildman–Crippen MR) is 84.2 cm³/mol. The van der Waals surface area contributed by atoms with Gasteiger partial charge >= 0.3 is 6.03 Å². The lowest BCUT2D eigenvalue weighted by Gasteiger charge is -2.29. The van der Waals surface area contributed by atoms with Crippen molar-refractivity contribution in [1.82, 2.24) is 15.5 Å². The summed E-state index contributed by atoms with van der Waals surface area (Å²) in [6, 6.07) is -0.207. The molecule has 21 heavy (non-hydrogen) atoms. The number of urea groups is 1. The molecule has 1 aliphatic heterocycles. The summed E-state index contributed by atoms with van der Waals surface area (Å²) >= 11 is 0. The minimum Gasteiger partial charge on any atom is -0.334 e. The molecule has 0 radical (unpaired) electrons. The molecular formula is C14H25ClN4O2. The fourth-order valence-corrected chi connectivity index (χ4v) is 3.32. The number of hydrogen-bond acceptors (Lipinski definition) is 4. The molecule has 0 aromatic rings. The molecule has 0 spiro atoms. The van der Waals surface area contributed by atoms with Gasteiger partial charge in [0.1, 0.15) is 0 Å². The molecule has 2 rings (SSSR count). The molecule has 3 unspecified atom stereocenters. The third-order valence-corrected chi connectivity index (χ3v) is 4.26. The third-order valence-electron chi connectivity index (χ3n) is 4.26. The number of nitrogens with one attached hydrogen (secondary N) is 2. The standard InChI is InChI=1S/C14H24N4O2.ClH/c1-2-6-16-14(20)17-13(19)9-18-7-10-4-3-5-12(15)11(10)8-18;/h2,10-12H,1,3-9,15H2,(H2,16,17,19,20);1H. The van der Waals surface area contributed by atoms with E-state index in [9.17, 15) is 9.59 Å². The zero-order chi connectivity index (χ0) is 14.5. The average Bonchev–Trinajstić information content (AvgIpc) is 2.80. The molecule has 3 amide bonds. The van der Waals surface area contributed by atoms with Gasteiger partial charge in [0.25, 0.3) is 0 Å². The van der Waals surface area contributed by atoms with Gasteiger partial charge in [-0.1, -0.05) is 12.5 Å². The number of amides is 3. The molecule has 120 valence electrons. The largest absolute Gasteiger partial charge is 0.334 e. The molecule has 2 fully saturated rings. The molecule has 1 saturated carbocycles. The van der Waals surface area contributed by atoms with E-state index in [1.165, 1.54) is 12.8 Å². The highest BCUT2D eigenvalue weighted by molar-refractivity contribution is 5.95. The van der Waals surface area contributed by atoms with E-state index < -0.39 is 6.03 Å². The number of fused-ring (bicyclic) bond motifs is 1. The van der Waals surface area contributed by atoms with E-state index in [-0.39, 0.29) is 30.9 Å². The first-order valence-corrected chi connectivity index (χ1v) is 7.26. The number of carbonyl (C=O) groups excluding carboxylic acids is 2. The molecule has 0 aromatic carbocycles. The summed E-state index contributed by atoms with van der Waals surface area (Å²) < 4.78 is 0. The number of imide groups is 1. The first-order chi connectivity index (χ1) is 9.60. The van der Waals surface area contributed by atoms with Crippen molar-refractivity contribution in [2.75, 3.05) is 26.2 Å². The van der Waals surface area contributed by atoms with E-state index in [0.717, 1.165) is 19.5 Å². The Bertz CT molecular complexity index is 391. The molecule has 7 heteroatoms. The van der Waals surface area contributed by atoms with Gasteiger partial charge in [-0.15, -0.1) is 19.0 Å². The van der Waals surface area contributed by atoms with Crippen LogP contribution in [0.15, 0.2) is 12.7 Å². The fourth-order valence-electron chi connectivity index (χ4n) is 3.32. The molecule has 1 aliphatic carbocycles. The van der Waals surface area contributed by atoms with Crippen LogP contribution in [0.4, 0.5) is 4.79 Å². The third kappa shape index (κ3) is 4.98. The number of likely N-dealkylation sites (tertiary alicyclic amines) is 1. The number of hydrogen-bond donors (Lipinski definition) is 3. The van der Waals surface area contributed by atoms with E-state index in [1.807, 2.05) is 0 Å². The van der Waals surface area contributed by atoms with Crippen molar-refractivity contribution < 1.29 is 9.59 Å². The quantitative estimate of drug-likeness (QED) is 0.658. The summed E-state index contributed by atoms with van der Waals surface area (Å²) in [5.74, 6) is 0.853. The van der Waals surface area contributed by atoms with Crippen molar-refractivity contribution in [1.29, 1.82) is 0 Å². The molecule has 2 aliphatic rings. The molecule has 0 bridgehead atoms. The highest BCUT2D eigenvalue weighted by Gasteiger charge is 2.39. The maximum absolute atomic E-state index is 11.8. The van der Waals surface area contributed by atoms with Crippen LogP contribution in [0.3, 0.4) is 0 Å². The first-order valence-electron chi connectivity index (χ1n) is 7.26. The van der Waals surface area contributed by atoms with Gasteiger partial charge in [-0.3, -0.25) is 15.0 Å². The number of rotatable bonds is 4. The van der Waals surface area contributed by atoms with E-state index in [1.54, 1.807) is 6.08 Å². The van der Waals surface area contributed by atoms with Crippen LogP contribution in [0.5, 0.6) is 0 Å². The average molecular weight is 317 g/mol. The van der Waals surface area contributed by atoms with Gasteiger partial charge in [-0.05, 0) is 24.7 Å². The lowest BCUT2D eigenvalue weighted by molar-refractivity contribution is -0.121. The minimum atomic E-state index is -0.469. The van der Waals surface area contributed by atoms with Gasteiger partial charge in [0.15, 0.2) is 0 Å². The molecule has 3 atom stereocenters. The summed E-state index contributed by atoms with van der Waals surface area (Å²) in [7, 11) is 0. The Kier molecular flexibility index (Phi) is 7.14. The lowest BCUT2D eigenvalue weighted by Crippen LogP contribution is -2.44. The van der Waals surface area contributed by atoms with Crippen molar-refractivity contribution in [2.45, 2.75) is 25.3 Å². The van der Waals surface area contributed by atoms with Crippen molar-refractivity contribution in [3.05, 3.63) is 12.7 Å². The van der Waals surface area contributed by atoms with Crippen LogP contribution in [0.1, 0.15) is 19.3 Å². The van der Waals surface area contributed by atoms with E-state index in [4.69, 9.17) is 5.73 Å². The molecular weight excluding hydrogens is 292 g/mol.